The van der Waals surface area contributed by atoms with Crippen molar-refractivity contribution in [3.05, 3.63) is 59.2 Å². The van der Waals surface area contributed by atoms with Crippen LogP contribution in [-0.4, -0.2) is 55.9 Å². The average molecular weight is 438 g/mol. The van der Waals surface area contributed by atoms with Gasteiger partial charge in [0.2, 0.25) is 5.91 Å². The maximum Gasteiger partial charge on any atom is 0.239 e. The van der Waals surface area contributed by atoms with Gasteiger partial charge in [-0.3, -0.25) is 9.59 Å². The van der Waals surface area contributed by atoms with Crippen molar-refractivity contribution in [3.63, 3.8) is 0 Å². The smallest absolute Gasteiger partial charge is 0.239 e. The number of ketones is 1. The van der Waals surface area contributed by atoms with Gasteiger partial charge in [0.1, 0.15) is 5.75 Å². The molecule has 0 atom stereocenters. The zero-order valence-electron chi connectivity index (χ0n) is 19.6. The molecule has 1 fully saturated rings. The van der Waals surface area contributed by atoms with Gasteiger partial charge in [-0.05, 0) is 88.5 Å². The Morgan fingerprint density at radius 1 is 1.09 bits per heavy atom. The second-order valence-electron chi connectivity index (χ2n) is 8.77. The molecule has 1 saturated heterocycles. The minimum Gasteiger partial charge on any atom is -0.497 e. The van der Waals surface area contributed by atoms with Gasteiger partial charge < -0.3 is 20.3 Å². The average Bonchev–Trinajstić information content (AvgIpc) is 2.82. The Bertz CT molecular complexity index is 916. The van der Waals surface area contributed by atoms with Crippen LogP contribution >= 0.6 is 0 Å². The number of benzene rings is 2. The number of ether oxygens (including phenoxy) is 1. The van der Waals surface area contributed by atoms with E-state index in [4.69, 9.17) is 4.74 Å². The lowest BCUT2D eigenvalue weighted by molar-refractivity contribution is -0.119. The summed E-state index contributed by atoms with van der Waals surface area (Å²) in [4.78, 5) is 27.8. The minimum absolute atomic E-state index is 0.0254. The van der Waals surface area contributed by atoms with Crippen LogP contribution in [0.4, 0.5) is 5.69 Å². The van der Waals surface area contributed by atoms with Crippen LogP contribution in [0.3, 0.4) is 0 Å². The van der Waals surface area contributed by atoms with Crippen molar-refractivity contribution in [1.29, 1.82) is 0 Å². The van der Waals surface area contributed by atoms with Gasteiger partial charge in [-0.1, -0.05) is 12.1 Å². The first-order chi connectivity index (χ1) is 15.4. The zero-order valence-corrected chi connectivity index (χ0v) is 19.6. The molecule has 6 nitrogen and oxygen atoms in total. The fourth-order valence-electron chi connectivity index (χ4n) is 4.14. The van der Waals surface area contributed by atoms with Gasteiger partial charge in [-0.25, -0.2) is 0 Å². The molecule has 1 heterocycles. The number of nitrogens with zero attached hydrogens (tertiary/aromatic N) is 1. The second kappa shape index (κ2) is 11.1. The highest BCUT2D eigenvalue weighted by molar-refractivity contribution is 6.10. The quantitative estimate of drug-likeness (QED) is 0.583. The molecule has 0 bridgehead atoms. The number of rotatable bonds is 9. The van der Waals surface area contributed by atoms with Crippen molar-refractivity contribution in [2.45, 2.75) is 39.7 Å². The van der Waals surface area contributed by atoms with E-state index in [-0.39, 0.29) is 18.2 Å². The third kappa shape index (κ3) is 6.10. The summed E-state index contributed by atoms with van der Waals surface area (Å²) >= 11 is 0. The molecule has 2 aromatic rings. The molecule has 0 aliphatic carbocycles. The molecule has 0 unspecified atom stereocenters. The number of hydrogen-bond acceptors (Lipinski definition) is 5. The lowest BCUT2D eigenvalue weighted by atomic mass is 9.96. The number of amides is 1. The van der Waals surface area contributed by atoms with E-state index in [1.165, 1.54) is 0 Å². The minimum atomic E-state index is -0.0500. The van der Waals surface area contributed by atoms with Gasteiger partial charge in [0.05, 0.1) is 13.7 Å². The molecule has 2 aromatic carbocycles. The van der Waals surface area contributed by atoms with E-state index in [1.54, 1.807) is 31.4 Å². The molecule has 32 heavy (non-hydrogen) atoms. The summed E-state index contributed by atoms with van der Waals surface area (Å²) in [5, 5.41) is 6.26. The first-order valence-corrected chi connectivity index (χ1v) is 11.4. The normalized spacial score (nSPS) is 14.9. The summed E-state index contributed by atoms with van der Waals surface area (Å²) in [5.41, 5.74) is 2.86. The van der Waals surface area contributed by atoms with Gasteiger partial charge in [0.25, 0.3) is 0 Å². The van der Waals surface area contributed by atoms with Crippen LogP contribution in [0.5, 0.6) is 5.75 Å². The summed E-state index contributed by atoms with van der Waals surface area (Å²) < 4.78 is 5.16. The third-order valence-electron chi connectivity index (χ3n) is 6.34. The van der Waals surface area contributed by atoms with Crippen molar-refractivity contribution in [3.8, 4) is 5.75 Å². The molecule has 6 heteroatoms. The fourth-order valence-corrected chi connectivity index (χ4v) is 4.14. The van der Waals surface area contributed by atoms with Crippen LogP contribution < -0.4 is 15.4 Å². The maximum atomic E-state index is 12.9. The van der Waals surface area contributed by atoms with E-state index in [1.807, 2.05) is 25.1 Å². The Kier molecular flexibility index (Phi) is 8.28. The van der Waals surface area contributed by atoms with Crippen LogP contribution in [0.25, 0.3) is 0 Å². The monoisotopic (exact) mass is 437 g/mol. The van der Waals surface area contributed by atoms with Gasteiger partial charge in [0, 0.05) is 29.4 Å². The molecule has 0 saturated carbocycles. The summed E-state index contributed by atoms with van der Waals surface area (Å²) in [5.74, 6) is 1.18. The van der Waals surface area contributed by atoms with Crippen molar-refractivity contribution < 1.29 is 14.3 Å². The Morgan fingerprint density at radius 3 is 2.41 bits per heavy atom. The molecule has 1 amide bonds. The van der Waals surface area contributed by atoms with Crippen LogP contribution in [0.15, 0.2) is 42.5 Å². The number of methoxy groups -OCH3 is 1. The molecule has 1 aliphatic heterocycles. The van der Waals surface area contributed by atoms with Gasteiger partial charge in [0.15, 0.2) is 5.78 Å². The predicted octanol–water partition coefficient (Wildman–Crippen LogP) is 3.88. The predicted molar refractivity (Wildman–Crippen MR) is 129 cm³/mol. The number of nitrogens with one attached hydrogen (secondary N) is 2. The first-order valence-electron chi connectivity index (χ1n) is 11.4. The number of likely N-dealkylation sites (tertiary alicyclic amines) is 1. The molecule has 2 N–H and O–H groups in total. The highest BCUT2D eigenvalue weighted by Crippen LogP contribution is 2.23. The number of carbonyl (C=O) groups excluding carboxylic acids is 2. The van der Waals surface area contributed by atoms with E-state index in [0.29, 0.717) is 28.8 Å². The topological polar surface area (TPSA) is 70.7 Å². The number of anilines is 1. The number of carbonyl (C=O) groups is 2. The molecule has 1 aliphatic rings. The van der Waals surface area contributed by atoms with Crippen molar-refractivity contribution in [1.82, 2.24) is 10.2 Å². The largest absolute Gasteiger partial charge is 0.497 e. The standard InChI is InChI=1S/C26H35N3O3/c1-18(2)29-14-12-20(13-15-29)16-28-25(30)17-27-24-7-5-6-23(19(24)3)26(31)21-8-10-22(32-4)11-9-21/h5-11,18,20,27H,12-17H2,1-4H3,(H,28,30). The molecule has 0 spiro atoms. The maximum absolute atomic E-state index is 12.9. The second-order valence-corrected chi connectivity index (χ2v) is 8.77. The Labute approximate surface area is 191 Å². The number of piperidine rings is 1. The van der Waals surface area contributed by atoms with E-state index in [0.717, 1.165) is 43.7 Å². The third-order valence-corrected chi connectivity index (χ3v) is 6.34. The van der Waals surface area contributed by atoms with Crippen molar-refractivity contribution in [2.24, 2.45) is 5.92 Å². The van der Waals surface area contributed by atoms with E-state index in [9.17, 15) is 9.59 Å². The Hall–Kier alpha value is -2.86. The van der Waals surface area contributed by atoms with Crippen LogP contribution in [-0.2, 0) is 4.79 Å². The van der Waals surface area contributed by atoms with Crippen LogP contribution in [0, 0.1) is 12.8 Å². The fraction of sp³-hybridized carbons (Fsp3) is 0.462. The Morgan fingerprint density at radius 2 is 1.78 bits per heavy atom. The van der Waals surface area contributed by atoms with Gasteiger partial charge in [-0.2, -0.15) is 0 Å². The molecule has 172 valence electrons. The zero-order chi connectivity index (χ0) is 23.1. The van der Waals surface area contributed by atoms with Crippen LogP contribution in [0.1, 0.15) is 48.2 Å². The van der Waals surface area contributed by atoms with Gasteiger partial charge in [-0.15, -0.1) is 0 Å². The lowest BCUT2D eigenvalue weighted by Gasteiger charge is -2.34. The Balaban J connectivity index is 1.52. The molecule has 0 radical (unpaired) electrons. The molecule has 0 aromatic heterocycles. The summed E-state index contributed by atoms with van der Waals surface area (Å²) in [6.45, 7) is 9.48. The lowest BCUT2D eigenvalue weighted by Crippen LogP contribution is -2.42. The SMILES string of the molecule is COc1ccc(C(=O)c2cccc(NCC(=O)NCC3CCN(C(C)C)CC3)c2C)cc1. The summed E-state index contributed by atoms with van der Waals surface area (Å²) in [6, 6.07) is 13.2. The van der Waals surface area contributed by atoms with Crippen molar-refractivity contribution >= 4 is 17.4 Å². The first kappa shape index (κ1) is 23.8. The molecular weight excluding hydrogens is 402 g/mol. The van der Waals surface area contributed by atoms with E-state index < -0.39 is 0 Å². The summed E-state index contributed by atoms with van der Waals surface area (Å²) in [6.07, 6.45) is 2.25. The molecular formula is C26H35N3O3. The highest BCUT2D eigenvalue weighted by Gasteiger charge is 2.21. The van der Waals surface area contributed by atoms with E-state index in [2.05, 4.69) is 29.4 Å². The van der Waals surface area contributed by atoms with E-state index >= 15 is 0 Å². The van der Waals surface area contributed by atoms with Crippen molar-refractivity contribution in [2.75, 3.05) is 38.6 Å². The van der Waals surface area contributed by atoms with Crippen LogP contribution in [0.2, 0.25) is 0 Å². The highest BCUT2D eigenvalue weighted by atomic mass is 16.5. The molecule has 3 rings (SSSR count). The summed E-state index contributed by atoms with van der Waals surface area (Å²) in [7, 11) is 1.60. The van der Waals surface area contributed by atoms with Gasteiger partial charge >= 0.3 is 0 Å². The number of hydrogen-bond donors (Lipinski definition) is 2.